The Kier molecular flexibility index (Phi) is 6.49. The van der Waals surface area contributed by atoms with Gasteiger partial charge in [-0.15, -0.1) is 0 Å². The van der Waals surface area contributed by atoms with Crippen LogP contribution in [0.5, 0.6) is 5.75 Å². The number of aryl methyl sites for hydroxylation is 1. The summed E-state index contributed by atoms with van der Waals surface area (Å²) in [4.78, 5) is 5.38. The quantitative estimate of drug-likeness (QED) is 0.409. The molecule has 0 saturated heterocycles. The van der Waals surface area contributed by atoms with E-state index in [4.69, 9.17) is 9.57 Å². The highest BCUT2D eigenvalue weighted by atomic mass is 16.6. The van der Waals surface area contributed by atoms with E-state index >= 15 is 0 Å². The van der Waals surface area contributed by atoms with Gasteiger partial charge in [0.2, 0.25) is 0 Å². The molecule has 0 aliphatic heterocycles. The first-order valence-corrected chi connectivity index (χ1v) is 7.79. The molecule has 0 unspecified atom stereocenters. The van der Waals surface area contributed by atoms with Gasteiger partial charge in [-0.1, -0.05) is 61.5 Å². The minimum absolute atomic E-state index is 0.436. The lowest BCUT2D eigenvalue weighted by molar-refractivity contribution is 0.107. The molecule has 0 aliphatic carbocycles. The second kappa shape index (κ2) is 8.88. The fraction of sp³-hybridized carbons (Fsp3) is 0.316. The largest absolute Gasteiger partial charge is 0.490 e. The normalized spacial score (nSPS) is 11.3. The molecule has 0 bridgehead atoms. The van der Waals surface area contributed by atoms with Crippen molar-refractivity contribution in [2.45, 2.75) is 26.7 Å². The number of oxime groups is 1. The summed E-state index contributed by atoms with van der Waals surface area (Å²) < 4.78 is 5.56. The molecule has 2 rings (SSSR count). The van der Waals surface area contributed by atoms with Gasteiger partial charge in [-0.25, -0.2) is 0 Å². The van der Waals surface area contributed by atoms with Crippen molar-refractivity contribution in [3.63, 3.8) is 0 Å². The Morgan fingerprint density at radius 3 is 2.27 bits per heavy atom. The summed E-state index contributed by atoms with van der Waals surface area (Å²) in [6, 6.07) is 18.2. The van der Waals surface area contributed by atoms with Crippen molar-refractivity contribution >= 4 is 5.71 Å². The minimum atomic E-state index is 0.436. The van der Waals surface area contributed by atoms with Crippen LogP contribution in [0.15, 0.2) is 59.8 Å². The first-order chi connectivity index (χ1) is 10.8. The van der Waals surface area contributed by atoms with Gasteiger partial charge in [-0.3, -0.25) is 0 Å². The van der Waals surface area contributed by atoms with Crippen LogP contribution in [-0.4, -0.2) is 18.9 Å². The van der Waals surface area contributed by atoms with Crippen molar-refractivity contribution < 1.29 is 9.57 Å². The third kappa shape index (κ3) is 4.92. The molecule has 0 radical (unpaired) electrons. The number of ether oxygens (including phenoxy) is 1. The van der Waals surface area contributed by atoms with Crippen LogP contribution in [0.2, 0.25) is 0 Å². The molecular weight excluding hydrogens is 274 g/mol. The summed E-state index contributed by atoms with van der Waals surface area (Å²) in [5.41, 5.74) is 3.41. The predicted octanol–water partition coefficient (Wildman–Crippen LogP) is 4.46. The first-order valence-electron chi connectivity index (χ1n) is 7.79. The van der Waals surface area contributed by atoms with E-state index in [2.05, 4.69) is 43.3 Å². The molecule has 0 amide bonds. The summed E-state index contributed by atoms with van der Waals surface area (Å²) in [6.45, 7) is 5.15. The maximum absolute atomic E-state index is 5.56. The lowest BCUT2D eigenvalue weighted by atomic mass is 10.1. The third-order valence-corrected chi connectivity index (χ3v) is 3.39. The Morgan fingerprint density at radius 1 is 0.909 bits per heavy atom. The van der Waals surface area contributed by atoms with Crippen molar-refractivity contribution in [3.05, 3.63) is 65.7 Å². The lowest BCUT2D eigenvalue weighted by Gasteiger charge is -2.07. The zero-order chi connectivity index (χ0) is 15.6. The van der Waals surface area contributed by atoms with Crippen molar-refractivity contribution in [1.29, 1.82) is 0 Å². The minimum Gasteiger partial charge on any atom is -0.490 e. The highest BCUT2D eigenvalue weighted by molar-refractivity contribution is 6.00. The zero-order valence-corrected chi connectivity index (χ0v) is 13.3. The fourth-order valence-corrected chi connectivity index (χ4v) is 2.09. The summed E-state index contributed by atoms with van der Waals surface area (Å²) in [7, 11) is 0. The Bertz CT molecular complexity index is 576. The van der Waals surface area contributed by atoms with Crippen LogP contribution in [0.4, 0.5) is 0 Å². The van der Waals surface area contributed by atoms with Gasteiger partial charge in [-0.2, -0.15) is 0 Å². The molecule has 2 aromatic rings. The van der Waals surface area contributed by atoms with Crippen LogP contribution < -0.4 is 4.74 Å². The maximum Gasteiger partial charge on any atom is 0.151 e. The third-order valence-electron chi connectivity index (χ3n) is 3.39. The number of hydrogen-bond donors (Lipinski definition) is 0. The molecule has 3 heteroatoms. The summed E-state index contributed by atoms with van der Waals surface area (Å²) in [5.74, 6) is 0.848. The van der Waals surface area contributed by atoms with Gasteiger partial charge in [-0.05, 0) is 36.1 Å². The molecule has 0 saturated carbocycles. The van der Waals surface area contributed by atoms with Crippen molar-refractivity contribution in [1.82, 2.24) is 0 Å². The molecule has 22 heavy (non-hydrogen) atoms. The van der Waals surface area contributed by atoms with E-state index in [0.29, 0.717) is 13.2 Å². The highest BCUT2D eigenvalue weighted by Crippen LogP contribution is 2.10. The summed E-state index contributed by atoms with van der Waals surface area (Å²) >= 11 is 0. The van der Waals surface area contributed by atoms with Crippen LogP contribution in [0.25, 0.3) is 0 Å². The number of rotatable bonds is 8. The number of hydrogen-bond acceptors (Lipinski definition) is 3. The van der Waals surface area contributed by atoms with Gasteiger partial charge in [0.1, 0.15) is 12.4 Å². The second-order valence-electron chi connectivity index (χ2n) is 4.94. The molecule has 0 aliphatic rings. The van der Waals surface area contributed by atoms with Crippen LogP contribution in [0.3, 0.4) is 0 Å². The van der Waals surface area contributed by atoms with E-state index in [-0.39, 0.29) is 0 Å². The summed E-state index contributed by atoms with van der Waals surface area (Å²) in [6.07, 6.45) is 1.89. The Morgan fingerprint density at radius 2 is 1.64 bits per heavy atom. The SMILES string of the molecule is CCC(=NOCCOc1ccccc1)c1ccc(CC)cc1. The molecule has 3 nitrogen and oxygen atoms in total. The highest BCUT2D eigenvalue weighted by Gasteiger charge is 2.02. The smallest absolute Gasteiger partial charge is 0.151 e. The predicted molar refractivity (Wildman–Crippen MR) is 90.5 cm³/mol. The fourth-order valence-electron chi connectivity index (χ4n) is 2.09. The van der Waals surface area contributed by atoms with Gasteiger partial charge >= 0.3 is 0 Å². The van der Waals surface area contributed by atoms with Gasteiger partial charge in [0, 0.05) is 0 Å². The van der Waals surface area contributed by atoms with Gasteiger partial charge < -0.3 is 9.57 Å². The lowest BCUT2D eigenvalue weighted by Crippen LogP contribution is -2.06. The van der Waals surface area contributed by atoms with E-state index in [1.807, 2.05) is 30.3 Å². The van der Waals surface area contributed by atoms with Crippen molar-refractivity contribution in [2.24, 2.45) is 5.16 Å². The van der Waals surface area contributed by atoms with Crippen molar-refractivity contribution in [3.8, 4) is 5.75 Å². The molecule has 0 N–H and O–H groups in total. The van der Waals surface area contributed by atoms with Crippen molar-refractivity contribution in [2.75, 3.05) is 13.2 Å². The second-order valence-corrected chi connectivity index (χ2v) is 4.94. The first kappa shape index (κ1) is 16.1. The number of nitrogens with zero attached hydrogens (tertiary/aromatic N) is 1. The van der Waals surface area contributed by atoms with Gasteiger partial charge in [0.15, 0.2) is 6.61 Å². The van der Waals surface area contributed by atoms with Crippen LogP contribution in [-0.2, 0) is 11.3 Å². The van der Waals surface area contributed by atoms with Crippen LogP contribution in [0, 0.1) is 0 Å². The van der Waals surface area contributed by atoms with Gasteiger partial charge in [0.25, 0.3) is 0 Å². The number of benzene rings is 2. The van der Waals surface area contributed by atoms with E-state index in [1.165, 1.54) is 5.56 Å². The Hall–Kier alpha value is -2.29. The molecule has 0 spiro atoms. The standard InChI is InChI=1S/C19H23NO2/c1-3-16-10-12-17(13-11-16)19(4-2)20-22-15-14-21-18-8-6-5-7-9-18/h5-13H,3-4,14-15H2,1-2H3. The molecule has 0 atom stereocenters. The number of para-hydroxylation sites is 1. The van der Waals surface area contributed by atoms with E-state index in [9.17, 15) is 0 Å². The van der Waals surface area contributed by atoms with E-state index in [0.717, 1.165) is 29.9 Å². The topological polar surface area (TPSA) is 30.8 Å². The van der Waals surface area contributed by atoms with E-state index < -0.39 is 0 Å². The molecule has 2 aromatic carbocycles. The molecule has 116 valence electrons. The average molecular weight is 297 g/mol. The van der Waals surface area contributed by atoms with Crippen LogP contribution in [0.1, 0.15) is 31.4 Å². The molecule has 0 heterocycles. The molecule has 0 aromatic heterocycles. The summed E-state index contributed by atoms with van der Waals surface area (Å²) in [5, 5.41) is 4.24. The monoisotopic (exact) mass is 297 g/mol. The molecule has 0 fully saturated rings. The Labute approximate surface area is 132 Å². The Balaban J connectivity index is 1.81. The average Bonchev–Trinajstić information content (AvgIpc) is 2.59. The van der Waals surface area contributed by atoms with E-state index in [1.54, 1.807) is 0 Å². The van der Waals surface area contributed by atoms with Gasteiger partial charge in [0.05, 0.1) is 5.71 Å². The maximum atomic E-state index is 5.56. The van der Waals surface area contributed by atoms with Crippen LogP contribution >= 0.6 is 0 Å². The molecular formula is C19H23NO2. The zero-order valence-electron chi connectivity index (χ0n) is 13.3.